The van der Waals surface area contributed by atoms with Crippen LogP contribution in [0.15, 0.2) is 24.3 Å². The van der Waals surface area contributed by atoms with Crippen molar-refractivity contribution >= 4 is 10.9 Å². The summed E-state index contributed by atoms with van der Waals surface area (Å²) in [5, 5.41) is 1.34. The molecule has 0 unspecified atom stereocenters. The number of hydrogen-bond donors (Lipinski definition) is 1. The Bertz CT molecular complexity index is 492. The molecular weight excluding hydrogens is 196 g/mol. The van der Waals surface area contributed by atoms with Crippen LogP contribution >= 0.6 is 0 Å². The highest BCUT2D eigenvalue weighted by Crippen LogP contribution is 2.19. The zero-order valence-electron chi connectivity index (χ0n) is 9.79. The van der Waals surface area contributed by atoms with Gasteiger partial charge in [0.1, 0.15) is 0 Å². The van der Waals surface area contributed by atoms with E-state index in [4.69, 9.17) is 0 Å². The van der Waals surface area contributed by atoms with Crippen LogP contribution in [-0.4, -0.2) is 23.0 Å². The lowest BCUT2D eigenvalue weighted by Gasteiger charge is -2.12. The molecule has 1 saturated heterocycles. The lowest BCUT2D eigenvalue weighted by molar-refractivity contribution is 0.328. The Balaban J connectivity index is 1.86. The lowest BCUT2D eigenvalue weighted by Crippen LogP contribution is -2.18. The van der Waals surface area contributed by atoms with Gasteiger partial charge in [-0.25, -0.2) is 0 Å². The summed E-state index contributed by atoms with van der Waals surface area (Å²) in [5.41, 5.74) is 3.95. The van der Waals surface area contributed by atoms with Crippen LogP contribution in [0.4, 0.5) is 0 Å². The van der Waals surface area contributed by atoms with Crippen molar-refractivity contribution in [3.8, 4) is 0 Å². The van der Waals surface area contributed by atoms with Crippen molar-refractivity contribution in [2.75, 3.05) is 13.1 Å². The Kier molecular flexibility index (Phi) is 2.44. The van der Waals surface area contributed by atoms with Crippen molar-refractivity contribution < 1.29 is 0 Å². The Morgan fingerprint density at radius 3 is 2.81 bits per heavy atom. The van der Waals surface area contributed by atoms with E-state index in [0.717, 1.165) is 6.54 Å². The van der Waals surface area contributed by atoms with Gasteiger partial charge in [-0.1, -0.05) is 11.6 Å². The van der Waals surface area contributed by atoms with Gasteiger partial charge in [-0.3, -0.25) is 4.90 Å². The molecule has 2 heteroatoms. The molecule has 0 aliphatic carbocycles. The maximum Gasteiger partial charge on any atom is 0.0456 e. The average molecular weight is 214 g/mol. The molecule has 84 valence electrons. The molecule has 1 N–H and O–H groups in total. The van der Waals surface area contributed by atoms with Gasteiger partial charge in [0.25, 0.3) is 0 Å². The minimum absolute atomic E-state index is 1.08. The van der Waals surface area contributed by atoms with Gasteiger partial charge in [0.2, 0.25) is 0 Å². The number of aromatic amines is 1. The largest absolute Gasteiger partial charge is 0.357 e. The van der Waals surface area contributed by atoms with Gasteiger partial charge in [-0.2, -0.15) is 0 Å². The molecule has 1 aromatic heterocycles. The molecule has 0 atom stereocenters. The molecule has 0 radical (unpaired) electrons. The first-order valence-electron chi connectivity index (χ1n) is 6.12. The van der Waals surface area contributed by atoms with Crippen LogP contribution in [0.25, 0.3) is 10.9 Å². The first kappa shape index (κ1) is 9.91. The Morgan fingerprint density at radius 2 is 2.00 bits per heavy atom. The molecular formula is C14H18N2. The van der Waals surface area contributed by atoms with Gasteiger partial charge in [0, 0.05) is 17.8 Å². The average Bonchev–Trinajstić information content (AvgIpc) is 2.86. The van der Waals surface area contributed by atoms with Crippen molar-refractivity contribution in [2.24, 2.45) is 0 Å². The number of aryl methyl sites for hydroxylation is 1. The van der Waals surface area contributed by atoms with Crippen molar-refractivity contribution in [2.45, 2.75) is 26.3 Å². The van der Waals surface area contributed by atoms with E-state index in [1.165, 1.54) is 48.1 Å². The number of nitrogens with zero attached hydrogens (tertiary/aromatic N) is 1. The van der Waals surface area contributed by atoms with Crippen molar-refractivity contribution in [3.63, 3.8) is 0 Å². The van der Waals surface area contributed by atoms with Gasteiger partial charge in [-0.05, 0) is 56.4 Å². The molecule has 3 rings (SSSR count). The van der Waals surface area contributed by atoms with E-state index >= 15 is 0 Å². The fourth-order valence-corrected chi connectivity index (χ4v) is 2.58. The second-order valence-corrected chi connectivity index (χ2v) is 4.87. The summed E-state index contributed by atoms with van der Waals surface area (Å²) >= 11 is 0. The van der Waals surface area contributed by atoms with E-state index in [0.29, 0.717) is 0 Å². The molecule has 0 amide bonds. The van der Waals surface area contributed by atoms with Gasteiger partial charge in [0.05, 0.1) is 0 Å². The Morgan fingerprint density at radius 1 is 1.19 bits per heavy atom. The van der Waals surface area contributed by atoms with Crippen LogP contribution in [0.2, 0.25) is 0 Å². The van der Waals surface area contributed by atoms with Crippen LogP contribution in [0.5, 0.6) is 0 Å². The molecule has 2 aromatic rings. The normalized spacial score (nSPS) is 17.3. The predicted octanol–water partition coefficient (Wildman–Crippen LogP) is 3.07. The third kappa shape index (κ3) is 1.85. The van der Waals surface area contributed by atoms with Gasteiger partial charge in [0.15, 0.2) is 0 Å². The topological polar surface area (TPSA) is 19.0 Å². The lowest BCUT2D eigenvalue weighted by atomic mass is 10.2. The summed E-state index contributed by atoms with van der Waals surface area (Å²) < 4.78 is 0. The number of nitrogens with one attached hydrogen (secondary N) is 1. The SMILES string of the molecule is Cc1ccc2[nH]c(CN3CCCC3)cc2c1. The van der Waals surface area contributed by atoms with Crippen LogP contribution in [-0.2, 0) is 6.54 Å². The first-order valence-corrected chi connectivity index (χ1v) is 6.12. The quantitative estimate of drug-likeness (QED) is 0.814. The predicted molar refractivity (Wildman–Crippen MR) is 67.5 cm³/mol. The van der Waals surface area contributed by atoms with E-state index < -0.39 is 0 Å². The summed E-state index contributed by atoms with van der Waals surface area (Å²) in [4.78, 5) is 6.03. The maximum atomic E-state index is 3.51. The van der Waals surface area contributed by atoms with Crippen LogP contribution in [0.1, 0.15) is 24.1 Å². The van der Waals surface area contributed by atoms with Crippen LogP contribution in [0, 0.1) is 6.92 Å². The Hall–Kier alpha value is -1.28. The molecule has 0 saturated carbocycles. The van der Waals surface area contributed by atoms with Crippen molar-refractivity contribution in [1.82, 2.24) is 9.88 Å². The molecule has 2 nitrogen and oxygen atoms in total. The summed E-state index contributed by atoms with van der Waals surface area (Å²) in [7, 11) is 0. The third-order valence-electron chi connectivity index (χ3n) is 3.42. The molecule has 16 heavy (non-hydrogen) atoms. The second kappa shape index (κ2) is 3.95. The van der Waals surface area contributed by atoms with Crippen molar-refractivity contribution in [1.29, 1.82) is 0 Å². The van der Waals surface area contributed by atoms with Gasteiger partial charge in [-0.15, -0.1) is 0 Å². The highest BCUT2D eigenvalue weighted by atomic mass is 15.1. The number of benzene rings is 1. The minimum atomic E-state index is 1.08. The number of H-pyrrole nitrogens is 1. The van der Waals surface area contributed by atoms with E-state index in [1.807, 2.05) is 0 Å². The summed E-state index contributed by atoms with van der Waals surface area (Å²) in [6.45, 7) is 5.74. The zero-order valence-corrected chi connectivity index (χ0v) is 9.79. The fraction of sp³-hybridized carbons (Fsp3) is 0.429. The molecule has 1 aliphatic heterocycles. The molecule has 1 aliphatic rings. The van der Waals surface area contributed by atoms with E-state index in [1.54, 1.807) is 0 Å². The van der Waals surface area contributed by atoms with Gasteiger partial charge < -0.3 is 4.98 Å². The molecule has 2 heterocycles. The summed E-state index contributed by atoms with van der Waals surface area (Å²) in [6.07, 6.45) is 2.72. The number of fused-ring (bicyclic) bond motifs is 1. The number of rotatable bonds is 2. The zero-order chi connectivity index (χ0) is 11.0. The molecule has 0 bridgehead atoms. The second-order valence-electron chi connectivity index (χ2n) is 4.87. The number of likely N-dealkylation sites (tertiary alicyclic amines) is 1. The smallest absolute Gasteiger partial charge is 0.0456 e. The molecule has 1 fully saturated rings. The number of aromatic nitrogens is 1. The van der Waals surface area contributed by atoms with E-state index in [2.05, 4.69) is 41.1 Å². The summed E-state index contributed by atoms with van der Waals surface area (Å²) in [6, 6.07) is 8.89. The Labute approximate surface area is 96.3 Å². The maximum absolute atomic E-state index is 3.51. The molecule has 1 aromatic carbocycles. The van der Waals surface area contributed by atoms with Gasteiger partial charge >= 0.3 is 0 Å². The molecule has 0 spiro atoms. The van der Waals surface area contributed by atoms with E-state index in [-0.39, 0.29) is 0 Å². The monoisotopic (exact) mass is 214 g/mol. The fourth-order valence-electron chi connectivity index (χ4n) is 2.58. The van der Waals surface area contributed by atoms with Crippen molar-refractivity contribution in [3.05, 3.63) is 35.5 Å². The van der Waals surface area contributed by atoms with Crippen LogP contribution < -0.4 is 0 Å². The summed E-state index contributed by atoms with van der Waals surface area (Å²) in [5.74, 6) is 0. The minimum Gasteiger partial charge on any atom is -0.357 e. The standard InChI is InChI=1S/C14H18N2/c1-11-4-5-14-12(8-11)9-13(15-14)10-16-6-2-3-7-16/h4-5,8-9,15H,2-3,6-7,10H2,1H3. The first-order chi connectivity index (χ1) is 7.81. The van der Waals surface area contributed by atoms with E-state index in [9.17, 15) is 0 Å². The number of hydrogen-bond acceptors (Lipinski definition) is 1. The third-order valence-corrected chi connectivity index (χ3v) is 3.42. The van der Waals surface area contributed by atoms with Crippen LogP contribution in [0.3, 0.4) is 0 Å². The highest BCUT2D eigenvalue weighted by molar-refractivity contribution is 5.81. The highest BCUT2D eigenvalue weighted by Gasteiger charge is 2.12.